The molecule has 0 aliphatic rings. The summed E-state index contributed by atoms with van der Waals surface area (Å²) in [6.45, 7) is 7.52. The molecular weight excluding hydrogens is 414 g/mol. The fourth-order valence-corrected chi connectivity index (χ4v) is 10.1. The molecular formula is C16H28O6P2S2. The SMILES string of the molecule is CCOP(=O)(OCC)C(Sc1cccc(SC)c1)P(=O)(OCC)OCC. The lowest BCUT2D eigenvalue weighted by atomic mass is 10.4. The van der Waals surface area contributed by atoms with E-state index in [9.17, 15) is 9.13 Å². The van der Waals surface area contributed by atoms with Crippen molar-refractivity contribution < 1.29 is 27.2 Å². The fraction of sp³-hybridized carbons (Fsp3) is 0.625. The van der Waals surface area contributed by atoms with E-state index in [2.05, 4.69) is 0 Å². The number of hydrogen-bond acceptors (Lipinski definition) is 8. The first kappa shape index (κ1) is 24.3. The Balaban J connectivity index is 3.38. The van der Waals surface area contributed by atoms with Gasteiger partial charge in [0.15, 0.2) is 0 Å². The Morgan fingerprint density at radius 2 is 1.27 bits per heavy atom. The van der Waals surface area contributed by atoms with Gasteiger partial charge in [0.05, 0.1) is 26.4 Å². The Bertz CT molecular complexity index is 593. The molecule has 0 spiro atoms. The van der Waals surface area contributed by atoms with Crippen molar-refractivity contribution in [2.45, 2.75) is 42.2 Å². The van der Waals surface area contributed by atoms with Crippen LogP contribution in [0.4, 0.5) is 0 Å². The summed E-state index contributed by atoms with van der Waals surface area (Å²) < 4.78 is 47.7. The van der Waals surface area contributed by atoms with Crippen molar-refractivity contribution in [3.8, 4) is 0 Å². The molecule has 0 saturated heterocycles. The van der Waals surface area contributed by atoms with Crippen LogP contribution in [0, 0.1) is 0 Å². The molecule has 0 aliphatic carbocycles. The highest BCUT2D eigenvalue weighted by Crippen LogP contribution is 2.74. The number of rotatable bonds is 13. The molecule has 0 saturated carbocycles. The molecule has 0 unspecified atom stereocenters. The third-order valence-electron chi connectivity index (χ3n) is 3.06. The van der Waals surface area contributed by atoms with Gasteiger partial charge < -0.3 is 18.1 Å². The van der Waals surface area contributed by atoms with E-state index in [1.807, 2.05) is 30.5 Å². The summed E-state index contributed by atoms with van der Waals surface area (Å²) in [4.78, 5) is 1.83. The largest absolute Gasteiger partial charge is 0.356 e. The Morgan fingerprint density at radius 1 is 0.846 bits per heavy atom. The molecule has 0 aliphatic heterocycles. The van der Waals surface area contributed by atoms with E-state index in [0.29, 0.717) is 0 Å². The Labute approximate surface area is 165 Å². The number of hydrogen-bond donors (Lipinski definition) is 0. The van der Waals surface area contributed by atoms with Gasteiger partial charge >= 0.3 is 15.2 Å². The van der Waals surface area contributed by atoms with Crippen LogP contribution in [0.2, 0.25) is 0 Å². The normalized spacial score (nSPS) is 12.7. The summed E-state index contributed by atoms with van der Waals surface area (Å²) in [7, 11) is -7.51. The number of thioether (sulfide) groups is 2. The Morgan fingerprint density at radius 3 is 1.65 bits per heavy atom. The third-order valence-corrected chi connectivity index (χ3v) is 12.0. The summed E-state index contributed by atoms with van der Waals surface area (Å²) in [6.07, 6.45) is 1.97. The van der Waals surface area contributed by atoms with Crippen molar-refractivity contribution in [1.82, 2.24) is 0 Å². The molecule has 0 N–H and O–H groups in total. The van der Waals surface area contributed by atoms with Crippen molar-refractivity contribution in [2.24, 2.45) is 0 Å². The van der Waals surface area contributed by atoms with Crippen molar-refractivity contribution in [3.63, 3.8) is 0 Å². The lowest BCUT2D eigenvalue weighted by Gasteiger charge is -2.30. The van der Waals surface area contributed by atoms with E-state index in [-0.39, 0.29) is 26.4 Å². The lowest BCUT2D eigenvalue weighted by molar-refractivity contribution is 0.203. The molecule has 26 heavy (non-hydrogen) atoms. The number of benzene rings is 1. The molecule has 0 radical (unpaired) electrons. The van der Waals surface area contributed by atoms with Gasteiger partial charge in [0, 0.05) is 9.79 Å². The second-order valence-electron chi connectivity index (χ2n) is 4.87. The zero-order chi connectivity index (χ0) is 19.6. The van der Waals surface area contributed by atoms with Gasteiger partial charge in [0.25, 0.3) is 0 Å². The Hall–Kier alpha value is 0.220. The molecule has 1 aromatic rings. The van der Waals surface area contributed by atoms with Crippen LogP contribution in [-0.2, 0) is 27.2 Å². The van der Waals surface area contributed by atoms with E-state index in [0.717, 1.165) is 21.6 Å². The van der Waals surface area contributed by atoms with Crippen LogP contribution in [0.5, 0.6) is 0 Å². The van der Waals surface area contributed by atoms with Crippen molar-refractivity contribution in [3.05, 3.63) is 24.3 Å². The van der Waals surface area contributed by atoms with Gasteiger partial charge in [0.1, 0.15) is 0 Å². The molecule has 0 bridgehead atoms. The fourth-order valence-electron chi connectivity index (χ4n) is 2.15. The Kier molecular flexibility index (Phi) is 11.1. The second kappa shape index (κ2) is 11.9. The van der Waals surface area contributed by atoms with Crippen LogP contribution in [0.1, 0.15) is 27.7 Å². The molecule has 1 rings (SSSR count). The summed E-state index contributed by atoms with van der Waals surface area (Å²) in [5.41, 5.74) is 0. The van der Waals surface area contributed by atoms with E-state index in [1.165, 1.54) is 0 Å². The molecule has 0 fully saturated rings. The van der Waals surface area contributed by atoms with Gasteiger partial charge in [-0.05, 0) is 52.1 Å². The predicted octanol–water partition coefficient (Wildman–Crippen LogP) is 6.32. The summed E-state index contributed by atoms with van der Waals surface area (Å²) in [6, 6.07) is 7.66. The van der Waals surface area contributed by atoms with Gasteiger partial charge in [0.2, 0.25) is 4.73 Å². The average molecular weight is 442 g/mol. The van der Waals surface area contributed by atoms with E-state index < -0.39 is 19.9 Å². The molecule has 10 heteroatoms. The standard InChI is InChI=1S/C16H28O6P2S2/c1-6-19-23(17,20-7-2)16(24(18,21-8-3)22-9-4)26-15-12-10-11-14(13-15)25-5/h10-13,16H,6-9H2,1-5H3. The maximum absolute atomic E-state index is 13.5. The molecule has 6 nitrogen and oxygen atoms in total. The molecule has 0 aromatic heterocycles. The molecule has 0 heterocycles. The molecule has 1 aromatic carbocycles. The zero-order valence-electron chi connectivity index (χ0n) is 15.9. The van der Waals surface area contributed by atoms with Crippen LogP contribution in [0.3, 0.4) is 0 Å². The zero-order valence-corrected chi connectivity index (χ0v) is 19.3. The molecule has 0 atom stereocenters. The van der Waals surface area contributed by atoms with Gasteiger partial charge in [-0.25, -0.2) is 0 Å². The molecule has 150 valence electrons. The first-order chi connectivity index (χ1) is 12.4. The summed E-state index contributed by atoms with van der Waals surface area (Å²) in [5.74, 6) is 0. The van der Waals surface area contributed by atoms with E-state index in [1.54, 1.807) is 39.5 Å². The smallest absolute Gasteiger partial charge is 0.308 e. The van der Waals surface area contributed by atoms with Gasteiger partial charge in [-0.1, -0.05) is 17.8 Å². The second-order valence-corrected chi connectivity index (χ2v) is 12.3. The first-order valence-electron chi connectivity index (χ1n) is 8.47. The van der Waals surface area contributed by atoms with Crippen LogP contribution in [0.15, 0.2) is 34.1 Å². The minimum absolute atomic E-state index is 0.164. The van der Waals surface area contributed by atoms with E-state index >= 15 is 0 Å². The van der Waals surface area contributed by atoms with Crippen LogP contribution >= 0.6 is 38.7 Å². The van der Waals surface area contributed by atoms with Crippen molar-refractivity contribution in [2.75, 3.05) is 32.7 Å². The lowest BCUT2D eigenvalue weighted by Crippen LogP contribution is -2.15. The van der Waals surface area contributed by atoms with E-state index in [4.69, 9.17) is 18.1 Å². The maximum Gasteiger partial charge on any atom is 0.356 e. The summed E-state index contributed by atoms with van der Waals surface area (Å²) >= 11 is 2.74. The van der Waals surface area contributed by atoms with Crippen LogP contribution < -0.4 is 0 Å². The highest BCUT2D eigenvalue weighted by molar-refractivity contribution is 8.12. The topological polar surface area (TPSA) is 71.1 Å². The predicted molar refractivity (Wildman–Crippen MR) is 110 cm³/mol. The average Bonchev–Trinajstić information content (AvgIpc) is 2.60. The first-order valence-corrected chi connectivity index (χ1v) is 13.8. The van der Waals surface area contributed by atoms with Gasteiger partial charge in [-0.2, -0.15) is 0 Å². The highest BCUT2D eigenvalue weighted by Gasteiger charge is 2.51. The quantitative estimate of drug-likeness (QED) is 0.260. The van der Waals surface area contributed by atoms with Crippen molar-refractivity contribution >= 4 is 38.7 Å². The molecule has 0 amide bonds. The maximum atomic E-state index is 13.5. The van der Waals surface area contributed by atoms with Crippen LogP contribution in [-0.4, -0.2) is 37.4 Å². The van der Waals surface area contributed by atoms with Gasteiger partial charge in [-0.3, -0.25) is 9.13 Å². The minimum Gasteiger partial charge on any atom is -0.308 e. The van der Waals surface area contributed by atoms with Crippen molar-refractivity contribution in [1.29, 1.82) is 0 Å². The third kappa shape index (κ3) is 6.68. The highest BCUT2D eigenvalue weighted by atomic mass is 32.2. The van der Waals surface area contributed by atoms with Gasteiger partial charge in [-0.15, -0.1) is 11.8 Å². The summed E-state index contributed by atoms with van der Waals surface area (Å²) in [5, 5.41) is 0. The monoisotopic (exact) mass is 442 g/mol. The van der Waals surface area contributed by atoms with Crippen LogP contribution in [0.25, 0.3) is 0 Å². The minimum atomic E-state index is -3.76.